The number of hydrogen-bond donors (Lipinski definition) is 0. The molecule has 0 bridgehead atoms. The van der Waals surface area contributed by atoms with Crippen LogP contribution in [-0.2, 0) is 4.79 Å². The molecule has 20 heavy (non-hydrogen) atoms. The molecule has 3 rings (SSSR count). The lowest BCUT2D eigenvalue weighted by molar-refractivity contribution is -0.113. The molecule has 2 nitrogen and oxygen atoms in total. The molecule has 1 fully saturated rings. The van der Waals surface area contributed by atoms with Gasteiger partial charge in [-0.15, -0.1) is 11.3 Å². The summed E-state index contributed by atoms with van der Waals surface area (Å²) in [5, 5.41) is 2.03. The first kappa shape index (κ1) is 13.5. The molecular weight excluding hydrogens is 306 g/mol. The molecule has 0 unspecified atom stereocenters. The summed E-state index contributed by atoms with van der Waals surface area (Å²) >= 11 is 8.33. The van der Waals surface area contributed by atoms with Gasteiger partial charge in [-0.2, -0.15) is 0 Å². The van der Waals surface area contributed by atoms with Crippen molar-refractivity contribution in [2.75, 3.05) is 4.90 Å². The molecule has 1 aliphatic heterocycles. The third-order valence-corrected chi connectivity index (χ3v) is 5.24. The normalized spacial score (nSPS) is 17.2. The van der Waals surface area contributed by atoms with Crippen LogP contribution in [-0.4, -0.2) is 10.2 Å². The van der Waals surface area contributed by atoms with Crippen molar-refractivity contribution < 1.29 is 4.79 Å². The van der Waals surface area contributed by atoms with Crippen molar-refractivity contribution in [2.24, 2.45) is 0 Å². The summed E-state index contributed by atoms with van der Waals surface area (Å²) in [6.45, 7) is 2.04. The van der Waals surface area contributed by atoms with Gasteiger partial charge < -0.3 is 0 Å². The minimum atomic E-state index is -0.0426. The van der Waals surface area contributed by atoms with E-state index in [-0.39, 0.29) is 5.91 Å². The van der Waals surface area contributed by atoms with Crippen LogP contribution in [0.25, 0.3) is 6.08 Å². The predicted molar refractivity (Wildman–Crippen MR) is 91.2 cm³/mol. The zero-order valence-electron chi connectivity index (χ0n) is 10.7. The van der Waals surface area contributed by atoms with E-state index in [4.69, 9.17) is 12.2 Å². The smallest absolute Gasteiger partial charge is 0.268 e. The number of rotatable bonds is 2. The number of aryl methyl sites for hydroxylation is 1. The average molecular weight is 317 g/mol. The third kappa shape index (κ3) is 2.44. The standard InChI is InChI=1S/C15H11NOS3/c1-10-7-8-19-12(10)9-13-14(17)16(15(18)20-13)11-5-3-2-4-6-11/h2-9H,1H3/b13-9+. The van der Waals surface area contributed by atoms with Gasteiger partial charge in [0.1, 0.15) is 0 Å². The third-order valence-electron chi connectivity index (χ3n) is 2.97. The van der Waals surface area contributed by atoms with Crippen molar-refractivity contribution >= 4 is 57.3 Å². The number of thiophene rings is 1. The lowest BCUT2D eigenvalue weighted by atomic mass is 10.2. The van der Waals surface area contributed by atoms with Crippen LogP contribution >= 0.6 is 35.3 Å². The highest BCUT2D eigenvalue weighted by atomic mass is 32.2. The number of carbonyl (C=O) groups excluding carboxylic acids is 1. The van der Waals surface area contributed by atoms with Crippen LogP contribution < -0.4 is 4.90 Å². The number of amides is 1. The van der Waals surface area contributed by atoms with Gasteiger partial charge in [-0.3, -0.25) is 9.69 Å². The van der Waals surface area contributed by atoms with Crippen LogP contribution in [0, 0.1) is 6.92 Å². The van der Waals surface area contributed by atoms with Crippen LogP contribution in [0.3, 0.4) is 0 Å². The van der Waals surface area contributed by atoms with Gasteiger partial charge in [0.15, 0.2) is 4.32 Å². The molecule has 1 aliphatic rings. The first-order valence-corrected chi connectivity index (χ1v) is 8.14. The molecule has 1 saturated heterocycles. The monoisotopic (exact) mass is 317 g/mol. The number of thiocarbonyl (C=S) groups is 1. The maximum Gasteiger partial charge on any atom is 0.270 e. The van der Waals surface area contributed by atoms with Crippen LogP contribution in [0.15, 0.2) is 46.7 Å². The van der Waals surface area contributed by atoms with Gasteiger partial charge >= 0.3 is 0 Å². The summed E-state index contributed by atoms with van der Waals surface area (Å²) in [5.74, 6) is -0.0426. The number of carbonyl (C=O) groups is 1. The Hall–Kier alpha value is -1.43. The Morgan fingerprint density at radius 1 is 1.20 bits per heavy atom. The Morgan fingerprint density at radius 3 is 2.60 bits per heavy atom. The summed E-state index contributed by atoms with van der Waals surface area (Å²) in [6.07, 6.45) is 1.93. The number of nitrogens with zero attached hydrogens (tertiary/aromatic N) is 1. The highest BCUT2D eigenvalue weighted by Crippen LogP contribution is 2.36. The summed E-state index contributed by atoms with van der Waals surface area (Å²) in [7, 11) is 0. The first-order valence-electron chi connectivity index (χ1n) is 6.04. The van der Waals surface area contributed by atoms with E-state index in [1.165, 1.54) is 17.3 Å². The van der Waals surface area contributed by atoms with E-state index in [0.717, 1.165) is 10.6 Å². The predicted octanol–water partition coefficient (Wildman–Crippen LogP) is 4.46. The van der Waals surface area contributed by atoms with Crippen molar-refractivity contribution in [3.63, 3.8) is 0 Å². The van der Waals surface area contributed by atoms with E-state index in [1.807, 2.05) is 48.7 Å². The van der Waals surface area contributed by atoms with E-state index in [9.17, 15) is 4.79 Å². The molecule has 5 heteroatoms. The fraction of sp³-hybridized carbons (Fsp3) is 0.0667. The van der Waals surface area contributed by atoms with Gasteiger partial charge in [0, 0.05) is 4.88 Å². The zero-order valence-corrected chi connectivity index (χ0v) is 13.1. The summed E-state index contributed by atoms with van der Waals surface area (Å²) in [5.41, 5.74) is 2.00. The summed E-state index contributed by atoms with van der Waals surface area (Å²) in [6, 6.07) is 11.6. The SMILES string of the molecule is Cc1ccsc1/C=C1/SC(=S)N(c2ccccc2)C1=O. The Kier molecular flexibility index (Phi) is 3.74. The fourth-order valence-corrected chi connectivity index (χ4v) is 4.13. The van der Waals surface area contributed by atoms with Gasteiger partial charge in [0.05, 0.1) is 10.6 Å². The number of anilines is 1. The lowest BCUT2D eigenvalue weighted by Gasteiger charge is -2.13. The topological polar surface area (TPSA) is 20.3 Å². The lowest BCUT2D eigenvalue weighted by Crippen LogP contribution is -2.27. The van der Waals surface area contributed by atoms with Gasteiger partial charge in [-0.05, 0) is 42.1 Å². The Balaban J connectivity index is 1.95. The fourth-order valence-electron chi connectivity index (χ4n) is 1.92. The van der Waals surface area contributed by atoms with E-state index < -0.39 is 0 Å². The second-order valence-electron chi connectivity index (χ2n) is 4.32. The Labute approximate surface area is 131 Å². The molecule has 0 saturated carbocycles. The molecule has 1 aromatic carbocycles. The van der Waals surface area contributed by atoms with Crippen molar-refractivity contribution in [2.45, 2.75) is 6.92 Å². The molecule has 2 aromatic rings. The minimum Gasteiger partial charge on any atom is -0.268 e. The molecule has 0 N–H and O–H groups in total. The van der Waals surface area contributed by atoms with E-state index in [0.29, 0.717) is 9.23 Å². The van der Waals surface area contributed by atoms with Crippen molar-refractivity contribution in [3.8, 4) is 0 Å². The maximum absolute atomic E-state index is 12.5. The quantitative estimate of drug-likeness (QED) is 0.602. The molecule has 2 heterocycles. The largest absolute Gasteiger partial charge is 0.270 e. The van der Waals surface area contributed by atoms with Gasteiger partial charge in [0.25, 0.3) is 5.91 Å². The molecule has 0 radical (unpaired) electrons. The van der Waals surface area contributed by atoms with Crippen LogP contribution in [0.1, 0.15) is 10.4 Å². The number of benzene rings is 1. The molecule has 1 amide bonds. The summed E-state index contributed by atoms with van der Waals surface area (Å²) in [4.78, 5) is 15.9. The van der Waals surface area contributed by atoms with Gasteiger partial charge in [-0.1, -0.05) is 42.2 Å². The Bertz CT molecular complexity index is 703. The average Bonchev–Trinajstić information content (AvgIpc) is 2.96. The van der Waals surface area contributed by atoms with Crippen molar-refractivity contribution in [1.82, 2.24) is 0 Å². The Morgan fingerprint density at radius 2 is 1.95 bits per heavy atom. The summed E-state index contributed by atoms with van der Waals surface area (Å²) < 4.78 is 0.585. The van der Waals surface area contributed by atoms with E-state index >= 15 is 0 Å². The molecule has 0 spiro atoms. The van der Waals surface area contributed by atoms with Crippen LogP contribution in [0.2, 0.25) is 0 Å². The highest BCUT2D eigenvalue weighted by molar-refractivity contribution is 8.27. The molecule has 100 valence electrons. The highest BCUT2D eigenvalue weighted by Gasteiger charge is 2.33. The van der Waals surface area contributed by atoms with Crippen molar-refractivity contribution in [3.05, 3.63) is 57.1 Å². The number of thioether (sulfide) groups is 1. The van der Waals surface area contributed by atoms with Crippen molar-refractivity contribution in [1.29, 1.82) is 0 Å². The molecular formula is C15H11NOS3. The number of hydrogen-bond acceptors (Lipinski definition) is 4. The molecule has 1 aromatic heterocycles. The second-order valence-corrected chi connectivity index (χ2v) is 6.94. The minimum absolute atomic E-state index is 0.0426. The zero-order chi connectivity index (χ0) is 14.1. The van der Waals surface area contributed by atoms with Gasteiger partial charge in [0.2, 0.25) is 0 Å². The molecule has 0 atom stereocenters. The van der Waals surface area contributed by atoms with E-state index in [2.05, 4.69) is 6.07 Å². The first-order chi connectivity index (χ1) is 9.66. The molecule has 0 aliphatic carbocycles. The second kappa shape index (κ2) is 5.52. The van der Waals surface area contributed by atoms with Crippen LogP contribution in [0.4, 0.5) is 5.69 Å². The van der Waals surface area contributed by atoms with E-state index in [1.54, 1.807) is 16.2 Å². The number of para-hydroxylation sites is 1. The van der Waals surface area contributed by atoms with Gasteiger partial charge in [-0.25, -0.2) is 0 Å². The maximum atomic E-state index is 12.5. The van der Waals surface area contributed by atoms with Crippen LogP contribution in [0.5, 0.6) is 0 Å².